The van der Waals surface area contributed by atoms with Crippen molar-refractivity contribution in [3.05, 3.63) is 130 Å². The van der Waals surface area contributed by atoms with Crippen molar-refractivity contribution >= 4 is 17.4 Å². The summed E-state index contributed by atoms with van der Waals surface area (Å²) in [6, 6.07) is 27.8. The number of ether oxygens (including phenoxy) is 2. The van der Waals surface area contributed by atoms with Crippen LogP contribution in [-0.2, 0) is 22.7 Å². The number of aliphatic hydroxyl groups excluding tert-OH is 1. The highest BCUT2D eigenvalue weighted by Gasteiger charge is 2.46. The fraction of sp³-hybridized carbons (Fsp3) is 0.222. The van der Waals surface area contributed by atoms with Gasteiger partial charge in [-0.2, -0.15) is 0 Å². The SMILES string of the molecule is Cc1cc(/C(O)=C2/C(=O)C(=O)N(Cc3ccc(OCC(C)C)cc3)C2c2ccc(O)cc2)ccc1OCc1ccccc1. The minimum atomic E-state index is -0.855. The third-order valence-electron chi connectivity index (χ3n) is 7.29. The molecular formula is C36H35NO6. The molecule has 220 valence electrons. The van der Waals surface area contributed by atoms with Gasteiger partial charge in [0.05, 0.1) is 18.2 Å². The van der Waals surface area contributed by atoms with Crippen molar-refractivity contribution in [2.75, 3.05) is 6.61 Å². The number of phenols is 1. The Labute approximate surface area is 251 Å². The zero-order valence-corrected chi connectivity index (χ0v) is 24.5. The molecule has 1 unspecified atom stereocenters. The number of hydrogen-bond donors (Lipinski definition) is 2. The van der Waals surface area contributed by atoms with E-state index in [0.29, 0.717) is 36.0 Å². The largest absolute Gasteiger partial charge is 0.508 e. The van der Waals surface area contributed by atoms with Crippen LogP contribution in [0.15, 0.2) is 103 Å². The lowest BCUT2D eigenvalue weighted by molar-refractivity contribution is -0.140. The first kappa shape index (κ1) is 29.5. The highest BCUT2D eigenvalue weighted by molar-refractivity contribution is 6.46. The highest BCUT2D eigenvalue weighted by Crippen LogP contribution is 2.41. The van der Waals surface area contributed by atoms with Crippen molar-refractivity contribution < 1.29 is 29.3 Å². The van der Waals surface area contributed by atoms with E-state index >= 15 is 0 Å². The molecule has 7 nitrogen and oxygen atoms in total. The number of likely N-dealkylation sites (tertiary alicyclic amines) is 1. The molecule has 0 saturated carbocycles. The van der Waals surface area contributed by atoms with Gasteiger partial charge in [0.1, 0.15) is 29.6 Å². The zero-order chi connectivity index (χ0) is 30.5. The monoisotopic (exact) mass is 577 g/mol. The van der Waals surface area contributed by atoms with E-state index in [9.17, 15) is 19.8 Å². The number of phenolic OH excluding ortho intramolecular Hbond substituents is 1. The van der Waals surface area contributed by atoms with Crippen LogP contribution in [0.2, 0.25) is 0 Å². The lowest BCUT2D eigenvalue weighted by atomic mass is 9.94. The van der Waals surface area contributed by atoms with Crippen molar-refractivity contribution in [1.82, 2.24) is 4.90 Å². The molecule has 7 heteroatoms. The van der Waals surface area contributed by atoms with Crippen molar-refractivity contribution in [2.45, 2.75) is 40.0 Å². The van der Waals surface area contributed by atoms with Gasteiger partial charge in [0.2, 0.25) is 0 Å². The van der Waals surface area contributed by atoms with E-state index in [4.69, 9.17) is 9.47 Å². The number of aryl methyl sites for hydroxylation is 1. The van der Waals surface area contributed by atoms with Crippen molar-refractivity contribution in [1.29, 1.82) is 0 Å². The fourth-order valence-corrected chi connectivity index (χ4v) is 5.05. The minimum absolute atomic E-state index is 0.00932. The highest BCUT2D eigenvalue weighted by atomic mass is 16.5. The predicted molar refractivity (Wildman–Crippen MR) is 165 cm³/mol. The van der Waals surface area contributed by atoms with Crippen molar-refractivity contribution in [3.63, 3.8) is 0 Å². The molecule has 0 aliphatic carbocycles. The molecule has 43 heavy (non-hydrogen) atoms. The van der Waals surface area contributed by atoms with E-state index in [2.05, 4.69) is 13.8 Å². The standard InChI is InChI=1S/C36H35NO6/c1-23(2)21-42-30-16-9-25(10-17-30)20-37-33(27-11-14-29(38)15-12-27)32(35(40)36(37)41)34(39)28-13-18-31(24(3)19-28)43-22-26-7-5-4-6-8-26/h4-19,23,33,38-39H,20-22H2,1-3H3/b34-32-. The van der Waals surface area contributed by atoms with Gasteiger partial charge in [-0.1, -0.05) is 68.4 Å². The summed E-state index contributed by atoms with van der Waals surface area (Å²) in [6.07, 6.45) is 0. The number of hydrogen-bond acceptors (Lipinski definition) is 6. The predicted octanol–water partition coefficient (Wildman–Crippen LogP) is 6.94. The number of nitrogens with zero attached hydrogens (tertiary/aromatic N) is 1. The van der Waals surface area contributed by atoms with E-state index in [1.54, 1.807) is 30.3 Å². The van der Waals surface area contributed by atoms with Gasteiger partial charge < -0.3 is 24.6 Å². The number of carbonyl (C=O) groups excluding carboxylic acids is 2. The Balaban J connectivity index is 1.46. The van der Waals surface area contributed by atoms with Crippen LogP contribution < -0.4 is 9.47 Å². The van der Waals surface area contributed by atoms with Gasteiger partial charge in [-0.25, -0.2) is 0 Å². The summed E-state index contributed by atoms with van der Waals surface area (Å²) >= 11 is 0. The maximum atomic E-state index is 13.5. The number of aliphatic hydroxyl groups is 1. The van der Waals surface area contributed by atoms with Crippen LogP contribution in [0, 0.1) is 12.8 Å². The average molecular weight is 578 g/mol. The second kappa shape index (κ2) is 12.9. The number of rotatable bonds is 10. The summed E-state index contributed by atoms with van der Waals surface area (Å²) in [6.45, 7) is 7.14. The Bertz CT molecular complexity index is 1630. The van der Waals surface area contributed by atoms with Gasteiger partial charge in [-0.3, -0.25) is 9.59 Å². The fourth-order valence-electron chi connectivity index (χ4n) is 5.05. The van der Waals surface area contributed by atoms with Gasteiger partial charge in [0.15, 0.2) is 0 Å². The van der Waals surface area contributed by atoms with Gasteiger partial charge in [-0.15, -0.1) is 0 Å². The Morgan fingerprint density at radius 2 is 1.56 bits per heavy atom. The van der Waals surface area contributed by atoms with E-state index in [-0.39, 0.29) is 23.6 Å². The van der Waals surface area contributed by atoms with Crippen molar-refractivity contribution in [2.24, 2.45) is 5.92 Å². The van der Waals surface area contributed by atoms with Crippen LogP contribution in [0.25, 0.3) is 5.76 Å². The Morgan fingerprint density at radius 1 is 0.860 bits per heavy atom. The van der Waals surface area contributed by atoms with Gasteiger partial charge in [0.25, 0.3) is 11.7 Å². The summed E-state index contributed by atoms with van der Waals surface area (Å²) < 4.78 is 11.8. The number of aromatic hydroxyl groups is 1. The Hall–Kier alpha value is -5.04. The van der Waals surface area contributed by atoms with Crippen LogP contribution in [0.4, 0.5) is 0 Å². The number of Topliss-reactive ketones (excluding diaryl/α,β-unsaturated/α-hetero) is 1. The van der Waals surface area contributed by atoms with Crippen molar-refractivity contribution in [3.8, 4) is 17.2 Å². The van der Waals surface area contributed by atoms with E-state index in [1.807, 2.05) is 61.5 Å². The normalized spacial score (nSPS) is 16.1. The van der Waals surface area contributed by atoms with Crippen LogP contribution in [0.3, 0.4) is 0 Å². The van der Waals surface area contributed by atoms with Gasteiger partial charge in [-0.05, 0) is 77.6 Å². The summed E-state index contributed by atoms with van der Waals surface area (Å²) in [7, 11) is 0. The van der Waals surface area contributed by atoms with Crippen LogP contribution in [-0.4, -0.2) is 33.4 Å². The Morgan fingerprint density at radius 3 is 2.21 bits per heavy atom. The second-order valence-electron chi connectivity index (χ2n) is 11.1. The third kappa shape index (κ3) is 6.72. The van der Waals surface area contributed by atoms with E-state index < -0.39 is 17.7 Å². The number of amides is 1. The van der Waals surface area contributed by atoms with Crippen LogP contribution in [0.1, 0.15) is 47.7 Å². The third-order valence-corrected chi connectivity index (χ3v) is 7.29. The summed E-state index contributed by atoms with van der Waals surface area (Å²) in [4.78, 5) is 28.4. The molecule has 0 bridgehead atoms. The number of benzene rings is 4. The summed E-state index contributed by atoms with van der Waals surface area (Å²) in [5.41, 5.74) is 3.59. The molecule has 1 aliphatic heterocycles. The lowest BCUT2D eigenvalue weighted by Crippen LogP contribution is -2.29. The molecule has 0 aromatic heterocycles. The summed E-state index contributed by atoms with van der Waals surface area (Å²) in [5.74, 6) is 0.0684. The average Bonchev–Trinajstić information content (AvgIpc) is 3.25. The molecule has 4 aromatic carbocycles. The molecule has 1 heterocycles. The molecule has 1 amide bonds. The number of ketones is 1. The Kier molecular flexibility index (Phi) is 8.81. The van der Waals surface area contributed by atoms with Gasteiger partial charge >= 0.3 is 0 Å². The summed E-state index contributed by atoms with van der Waals surface area (Å²) in [5, 5.41) is 21.4. The molecule has 0 radical (unpaired) electrons. The van der Waals surface area contributed by atoms with Crippen LogP contribution in [0.5, 0.6) is 17.2 Å². The topological polar surface area (TPSA) is 96.3 Å². The molecular weight excluding hydrogens is 542 g/mol. The van der Waals surface area contributed by atoms with E-state index in [1.165, 1.54) is 17.0 Å². The first-order valence-electron chi connectivity index (χ1n) is 14.3. The molecule has 4 aromatic rings. The van der Waals surface area contributed by atoms with Gasteiger partial charge in [0, 0.05) is 12.1 Å². The molecule has 1 fully saturated rings. The quantitative estimate of drug-likeness (QED) is 0.120. The lowest BCUT2D eigenvalue weighted by Gasteiger charge is -2.25. The maximum absolute atomic E-state index is 13.5. The molecule has 2 N–H and O–H groups in total. The molecule has 5 rings (SSSR count). The minimum Gasteiger partial charge on any atom is -0.508 e. The molecule has 1 atom stereocenters. The maximum Gasteiger partial charge on any atom is 0.295 e. The molecule has 1 saturated heterocycles. The smallest absolute Gasteiger partial charge is 0.295 e. The molecule has 0 spiro atoms. The van der Waals surface area contributed by atoms with Crippen LogP contribution >= 0.6 is 0 Å². The first-order chi connectivity index (χ1) is 20.7. The first-order valence-corrected chi connectivity index (χ1v) is 14.3. The van der Waals surface area contributed by atoms with E-state index in [0.717, 1.165) is 22.4 Å². The second-order valence-corrected chi connectivity index (χ2v) is 11.1. The molecule has 1 aliphatic rings. The zero-order valence-electron chi connectivity index (χ0n) is 24.5. The number of carbonyl (C=O) groups is 2.